The van der Waals surface area contributed by atoms with Crippen molar-refractivity contribution in [2.45, 2.75) is 39.8 Å². The van der Waals surface area contributed by atoms with E-state index in [0.29, 0.717) is 10.6 Å². The van der Waals surface area contributed by atoms with Crippen molar-refractivity contribution in [2.75, 3.05) is 0 Å². The molecule has 2 N–H and O–H groups in total. The number of benzene rings is 2. The van der Waals surface area contributed by atoms with Gasteiger partial charge in [-0.1, -0.05) is 49.7 Å². The Bertz CT molecular complexity index is 881. The first-order chi connectivity index (χ1) is 13.8. The van der Waals surface area contributed by atoms with E-state index in [0.717, 1.165) is 11.3 Å². The van der Waals surface area contributed by atoms with Crippen LogP contribution < -0.4 is 15.5 Å². The average molecular weight is 416 g/mol. The van der Waals surface area contributed by atoms with E-state index in [2.05, 4.69) is 15.8 Å². The van der Waals surface area contributed by atoms with Crippen molar-refractivity contribution in [3.63, 3.8) is 0 Å². The van der Waals surface area contributed by atoms with E-state index in [4.69, 9.17) is 16.3 Å². The summed E-state index contributed by atoms with van der Waals surface area (Å²) in [5.41, 5.74) is 3.59. The smallest absolute Gasteiger partial charge is 0.262 e. The van der Waals surface area contributed by atoms with Gasteiger partial charge in [-0.2, -0.15) is 5.10 Å². The molecule has 0 aliphatic carbocycles. The fraction of sp³-hybridized carbons (Fsp3) is 0.318. The number of hydrogen-bond acceptors (Lipinski definition) is 4. The molecule has 0 fully saturated rings. The summed E-state index contributed by atoms with van der Waals surface area (Å²) in [6.07, 6.45) is 1.59. The van der Waals surface area contributed by atoms with E-state index >= 15 is 0 Å². The maximum Gasteiger partial charge on any atom is 0.262 e. The highest BCUT2D eigenvalue weighted by Crippen LogP contribution is 2.16. The topological polar surface area (TPSA) is 79.8 Å². The van der Waals surface area contributed by atoms with Gasteiger partial charge in [-0.05, 0) is 49.6 Å². The van der Waals surface area contributed by atoms with Crippen LogP contribution in [0, 0.1) is 5.92 Å². The SMILES string of the molecule is CC(C)Oc1cccc(C=NNC(=O)C(NC(=O)c2ccccc2Cl)C(C)C)c1. The lowest BCUT2D eigenvalue weighted by Gasteiger charge is -2.20. The lowest BCUT2D eigenvalue weighted by atomic mass is 10.0. The van der Waals surface area contributed by atoms with Gasteiger partial charge in [0, 0.05) is 0 Å². The first-order valence-corrected chi connectivity index (χ1v) is 9.80. The van der Waals surface area contributed by atoms with Crippen LogP contribution in [0.3, 0.4) is 0 Å². The van der Waals surface area contributed by atoms with Gasteiger partial charge in [0.05, 0.1) is 22.9 Å². The molecule has 0 heterocycles. The monoisotopic (exact) mass is 415 g/mol. The van der Waals surface area contributed by atoms with E-state index in [-0.39, 0.29) is 12.0 Å². The van der Waals surface area contributed by atoms with Crippen LogP contribution in [-0.2, 0) is 4.79 Å². The van der Waals surface area contributed by atoms with Crippen molar-refractivity contribution in [3.05, 3.63) is 64.7 Å². The van der Waals surface area contributed by atoms with E-state index in [9.17, 15) is 9.59 Å². The zero-order valence-corrected chi connectivity index (χ0v) is 17.7. The molecule has 0 saturated carbocycles. The number of ether oxygens (including phenoxy) is 1. The zero-order chi connectivity index (χ0) is 21.4. The molecule has 2 aromatic carbocycles. The largest absolute Gasteiger partial charge is 0.491 e. The maximum absolute atomic E-state index is 12.5. The highest BCUT2D eigenvalue weighted by molar-refractivity contribution is 6.33. The lowest BCUT2D eigenvalue weighted by Crippen LogP contribution is -2.48. The predicted molar refractivity (Wildman–Crippen MR) is 115 cm³/mol. The molecule has 0 aliphatic heterocycles. The Morgan fingerprint density at radius 2 is 1.79 bits per heavy atom. The first-order valence-electron chi connectivity index (χ1n) is 9.43. The second-order valence-corrected chi connectivity index (χ2v) is 7.56. The molecule has 2 aromatic rings. The number of amides is 2. The molecule has 29 heavy (non-hydrogen) atoms. The van der Waals surface area contributed by atoms with Gasteiger partial charge in [-0.15, -0.1) is 0 Å². The number of halogens is 1. The summed E-state index contributed by atoms with van der Waals surface area (Å²) >= 11 is 6.06. The summed E-state index contributed by atoms with van der Waals surface area (Å²) in [5, 5.41) is 7.06. The number of carbonyl (C=O) groups is 2. The molecule has 1 atom stereocenters. The van der Waals surface area contributed by atoms with Crippen molar-refractivity contribution in [3.8, 4) is 5.75 Å². The second kappa shape index (κ2) is 10.6. The van der Waals surface area contributed by atoms with Gasteiger partial charge < -0.3 is 10.1 Å². The number of nitrogens with one attached hydrogen (secondary N) is 2. The van der Waals surface area contributed by atoms with Gasteiger partial charge in [-0.25, -0.2) is 5.43 Å². The summed E-state index contributed by atoms with van der Waals surface area (Å²) in [6, 6.07) is 13.3. The third-order valence-corrected chi connectivity index (χ3v) is 4.30. The predicted octanol–water partition coefficient (Wildman–Crippen LogP) is 4.03. The molecule has 0 aromatic heterocycles. The minimum Gasteiger partial charge on any atom is -0.491 e. The van der Waals surface area contributed by atoms with Crippen molar-refractivity contribution >= 4 is 29.6 Å². The van der Waals surface area contributed by atoms with Gasteiger partial charge in [0.25, 0.3) is 11.8 Å². The molecule has 2 rings (SSSR count). The molecule has 0 aliphatic rings. The Balaban J connectivity index is 2.02. The molecule has 1 unspecified atom stereocenters. The second-order valence-electron chi connectivity index (χ2n) is 7.15. The van der Waals surface area contributed by atoms with Crippen molar-refractivity contribution in [2.24, 2.45) is 11.0 Å². The third kappa shape index (κ3) is 6.91. The number of nitrogens with zero attached hydrogens (tertiary/aromatic N) is 1. The van der Waals surface area contributed by atoms with Crippen LogP contribution in [0.2, 0.25) is 5.02 Å². The van der Waals surface area contributed by atoms with E-state index in [1.165, 1.54) is 6.21 Å². The van der Waals surface area contributed by atoms with Gasteiger partial charge in [0.1, 0.15) is 11.8 Å². The van der Waals surface area contributed by atoms with Gasteiger partial charge in [0.2, 0.25) is 0 Å². The van der Waals surface area contributed by atoms with E-state index < -0.39 is 17.9 Å². The van der Waals surface area contributed by atoms with Gasteiger partial charge in [-0.3, -0.25) is 9.59 Å². The van der Waals surface area contributed by atoms with Crippen LogP contribution in [0.25, 0.3) is 0 Å². The van der Waals surface area contributed by atoms with Crippen LogP contribution in [-0.4, -0.2) is 30.2 Å². The highest BCUT2D eigenvalue weighted by Gasteiger charge is 2.25. The fourth-order valence-electron chi connectivity index (χ4n) is 2.58. The Kier molecular flexibility index (Phi) is 8.21. The summed E-state index contributed by atoms with van der Waals surface area (Å²) in [7, 11) is 0. The molecule has 0 spiro atoms. The van der Waals surface area contributed by atoms with Crippen LogP contribution >= 0.6 is 11.6 Å². The Morgan fingerprint density at radius 1 is 1.07 bits per heavy atom. The fourth-order valence-corrected chi connectivity index (χ4v) is 2.80. The summed E-state index contributed by atoms with van der Waals surface area (Å²) in [6.45, 7) is 7.58. The van der Waals surface area contributed by atoms with Crippen LogP contribution in [0.15, 0.2) is 53.6 Å². The van der Waals surface area contributed by atoms with Gasteiger partial charge in [0.15, 0.2) is 0 Å². The summed E-state index contributed by atoms with van der Waals surface area (Å²) in [5.74, 6) is -0.236. The van der Waals surface area contributed by atoms with Crippen molar-refractivity contribution in [1.29, 1.82) is 0 Å². The molecule has 0 saturated heterocycles. The first kappa shape index (κ1) is 22.4. The molecule has 154 valence electrons. The number of hydrazone groups is 1. The van der Waals surface area contributed by atoms with Crippen LogP contribution in [0.1, 0.15) is 43.6 Å². The van der Waals surface area contributed by atoms with Crippen molar-refractivity contribution < 1.29 is 14.3 Å². The highest BCUT2D eigenvalue weighted by atomic mass is 35.5. The summed E-state index contributed by atoms with van der Waals surface area (Å²) < 4.78 is 5.64. The van der Waals surface area contributed by atoms with Gasteiger partial charge >= 0.3 is 0 Å². The Morgan fingerprint density at radius 3 is 2.45 bits per heavy atom. The normalized spacial score (nSPS) is 12.2. The number of carbonyl (C=O) groups excluding carboxylic acids is 2. The quantitative estimate of drug-likeness (QED) is 0.504. The molecule has 0 bridgehead atoms. The molecule has 6 nitrogen and oxygen atoms in total. The minimum atomic E-state index is -0.758. The molecule has 0 radical (unpaired) electrons. The standard InChI is InChI=1S/C22H26ClN3O3/c1-14(2)20(25-21(27)18-10-5-6-11-19(18)23)22(28)26-24-13-16-8-7-9-17(12-16)29-15(3)4/h5-15,20H,1-4H3,(H,25,27)(H,26,28). The minimum absolute atomic E-state index is 0.0652. The number of rotatable bonds is 8. The lowest BCUT2D eigenvalue weighted by molar-refractivity contribution is -0.123. The van der Waals surface area contributed by atoms with E-state index in [1.54, 1.807) is 24.3 Å². The number of hydrogen-bond donors (Lipinski definition) is 2. The molecule has 7 heteroatoms. The average Bonchev–Trinajstić information content (AvgIpc) is 2.65. The molecular formula is C22H26ClN3O3. The van der Waals surface area contributed by atoms with E-state index in [1.807, 2.05) is 52.0 Å². The zero-order valence-electron chi connectivity index (χ0n) is 17.0. The van der Waals surface area contributed by atoms with Crippen molar-refractivity contribution in [1.82, 2.24) is 10.7 Å². The maximum atomic E-state index is 12.5. The molecular weight excluding hydrogens is 390 g/mol. The molecule has 2 amide bonds. The Labute approximate surface area is 176 Å². The van der Waals surface area contributed by atoms with Crippen LogP contribution in [0.5, 0.6) is 5.75 Å². The Hall–Kier alpha value is -2.86. The van der Waals surface area contributed by atoms with Crippen LogP contribution in [0.4, 0.5) is 0 Å². The summed E-state index contributed by atoms with van der Waals surface area (Å²) in [4.78, 5) is 25.0. The third-order valence-electron chi connectivity index (χ3n) is 3.97.